The number of thiophene rings is 1. The highest BCUT2D eigenvalue weighted by atomic mass is 79.9. The lowest BCUT2D eigenvalue weighted by atomic mass is 10.1. The number of rotatable bonds is 3. The molecule has 0 unspecified atom stereocenters. The summed E-state index contributed by atoms with van der Waals surface area (Å²) in [5, 5.41) is 5.81. The number of nitrogens with one attached hydrogen (secondary N) is 1. The van der Waals surface area contributed by atoms with Crippen molar-refractivity contribution in [2.75, 3.05) is 0 Å². The topological polar surface area (TPSA) is 42.0 Å². The number of carbonyl (C=O) groups excluding carboxylic acids is 1. The van der Waals surface area contributed by atoms with Gasteiger partial charge in [0.25, 0.3) is 5.91 Å². The number of pyridine rings is 1. The maximum atomic E-state index is 12.3. The van der Waals surface area contributed by atoms with Gasteiger partial charge < -0.3 is 5.32 Å². The van der Waals surface area contributed by atoms with Gasteiger partial charge in [-0.25, -0.2) is 0 Å². The van der Waals surface area contributed by atoms with E-state index in [1.165, 1.54) is 0 Å². The average molecular weight is 347 g/mol. The van der Waals surface area contributed by atoms with Crippen LogP contribution >= 0.6 is 27.3 Å². The number of hydrogen-bond acceptors (Lipinski definition) is 3. The number of amides is 1. The summed E-state index contributed by atoms with van der Waals surface area (Å²) in [6, 6.07) is 11.3. The molecule has 2 aromatic heterocycles. The zero-order valence-electron chi connectivity index (χ0n) is 10.5. The monoisotopic (exact) mass is 346 g/mol. The molecule has 0 saturated heterocycles. The van der Waals surface area contributed by atoms with E-state index in [0.29, 0.717) is 12.1 Å². The van der Waals surface area contributed by atoms with Crippen molar-refractivity contribution in [1.29, 1.82) is 0 Å². The minimum absolute atomic E-state index is 0.0797. The molecule has 0 radical (unpaired) electrons. The number of halogens is 1. The molecule has 100 valence electrons. The molecule has 3 aromatic rings. The maximum Gasteiger partial charge on any atom is 0.252 e. The van der Waals surface area contributed by atoms with Crippen LogP contribution in [0.4, 0.5) is 0 Å². The Kier molecular flexibility index (Phi) is 3.80. The number of hydrogen-bond donors (Lipinski definition) is 1. The summed E-state index contributed by atoms with van der Waals surface area (Å²) in [7, 11) is 0. The molecule has 0 atom stereocenters. The zero-order valence-corrected chi connectivity index (χ0v) is 12.9. The largest absolute Gasteiger partial charge is 0.347 e. The van der Waals surface area contributed by atoms with Crippen LogP contribution in [0.25, 0.3) is 10.9 Å². The fourth-order valence-corrected chi connectivity index (χ4v) is 3.44. The van der Waals surface area contributed by atoms with Crippen LogP contribution in [0.3, 0.4) is 0 Å². The van der Waals surface area contributed by atoms with Gasteiger partial charge in [0.1, 0.15) is 0 Å². The van der Waals surface area contributed by atoms with E-state index in [0.717, 1.165) is 20.3 Å². The first-order chi connectivity index (χ1) is 9.75. The van der Waals surface area contributed by atoms with Gasteiger partial charge in [0, 0.05) is 26.5 Å². The molecule has 0 spiro atoms. The summed E-state index contributed by atoms with van der Waals surface area (Å²) in [5.41, 5.74) is 1.49. The Morgan fingerprint density at radius 2 is 2.15 bits per heavy atom. The highest BCUT2D eigenvalue weighted by Crippen LogP contribution is 2.22. The third-order valence-electron chi connectivity index (χ3n) is 2.99. The van der Waals surface area contributed by atoms with Crippen LogP contribution in [0, 0.1) is 0 Å². The minimum Gasteiger partial charge on any atom is -0.347 e. The Bertz CT molecular complexity index is 764. The molecule has 0 aliphatic carbocycles. The van der Waals surface area contributed by atoms with E-state index >= 15 is 0 Å². The molecule has 0 aliphatic heterocycles. The number of aromatic nitrogens is 1. The fraction of sp³-hybridized carbons (Fsp3) is 0.0667. The van der Waals surface area contributed by atoms with Gasteiger partial charge in [0.15, 0.2) is 0 Å². The van der Waals surface area contributed by atoms with Crippen molar-refractivity contribution in [2.45, 2.75) is 6.54 Å². The van der Waals surface area contributed by atoms with Crippen molar-refractivity contribution >= 4 is 44.1 Å². The van der Waals surface area contributed by atoms with E-state index in [9.17, 15) is 4.79 Å². The van der Waals surface area contributed by atoms with Crippen molar-refractivity contribution in [3.63, 3.8) is 0 Å². The summed E-state index contributed by atoms with van der Waals surface area (Å²) in [6.07, 6.45) is 1.73. The Labute approximate surface area is 128 Å². The van der Waals surface area contributed by atoms with Crippen LogP contribution in [0.1, 0.15) is 15.2 Å². The minimum atomic E-state index is -0.0797. The number of benzene rings is 1. The van der Waals surface area contributed by atoms with Crippen LogP contribution in [-0.4, -0.2) is 10.9 Å². The molecule has 1 aromatic carbocycles. The molecule has 1 N–H and O–H groups in total. The normalized spacial score (nSPS) is 10.7. The van der Waals surface area contributed by atoms with Crippen molar-refractivity contribution in [3.05, 3.63) is 62.9 Å². The van der Waals surface area contributed by atoms with Crippen LogP contribution in [0.15, 0.2) is 52.4 Å². The third-order valence-corrected chi connectivity index (χ3v) is 4.92. The molecule has 0 aliphatic rings. The first kappa shape index (κ1) is 13.3. The lowest BCUT2D eigenvalue weighted by Crippen LogP contribution is -2.22. The van der Waals surface area contributed by atoms with Crippen molar-refractivity contribution in [3.8, 4) is 0 Å². The second-order valence-corrected chi connectivity index (χ2v) is 6.11. The molecule has 1 amide bonds. The highest BCUT2D eigenvalue weighted by Gasteiger charge is 2.10. The lowest BCUT2D eigenvalue weighted by Gasteiger charge is -2.07. The Morgan fingerprint density at radius 1 is 1.25 bits per heavy atom. The summed E-state index contributed by atoms with van der Waals surface area (Å²) in [4.78, 5) is 17.7. The summed E-state index contributed by atoms with van der Waals surface area (Å²) >= 11 is 5.08. The predicted molar refractivity (Wildman–Crippen MR) is 84.9 cm³/mol. The summed E-state index contributed by atoms with van der Waals surface area (Å²) in [6.45, 7) is 0.522. The van der Waals surface area contributed by atoms with E-state index in [-0.39, 0.29) is 5.91 Å². The van der Waals surface area contributed by atoms with Gasteiger partial charge in [-0.15, -0.1) is 11.3 Å². The zero-order chi connectivity index (χ0) is 13.9. The number of nitrogens with zero attached hydrogens (tertiary/aromatic N) is 1. The van der Waals surface area contributed by atoms with E-state index in [1.807, 2.05) is 41.8 Å². The molecule has 20 heavy (non-hydrogen) atoms. The van der Waals surface area contributed by atoms with Gasteiger partial charge in [-0.1, -0.05) is 12.1 Å². The van der Waals surface area contributed by atoms with Crippen molar-refractivity contribution in [2.24, 2.45) is 0 Å². The molecule has 0 bridgehead atoms. The molecule has 3 nitrogen and oxygen atoms in total. The first-order valence-electron chi connectivity index (χ1n) is 6.09. The standard InChI is InChI=1S/C15H11BrN2OS/c16-12-6-8-20-14(12)9-18-15(19)11-3-1-5-13-10(11)4-2-7-17-13/h1-8H,9H2,(H,18,19). The van der Waals surface area contributed by atoms with Gasteiger partial charge in [0.05, 0.1) is 12.1 Å². The van der Waals surface area contributed by atoms with Crippen LogP contribution in [0.2, 0.25) is 0 Å². The molecule has 5 heteroatoms. The first-order valence-corrected chi connectivity index (χ1v) is 7.77. The van der Waals surface area contributed by atoms with Crippen LogP contribution in [0.5, 0.6) is 0 Å². The summed E-state index contributed by atoms with van der Waals surface area (Å²) in [5.74, 6) is -0.0797. The molecular weight excluding hydrogens is 336 g/mol. The molecule has 0 fully saturated rings. The average Bonchev–Trinajstić information content (AvgIpc) is 2.89. The van der Waals surface area contributed by atoms with Crippen molar-refractivity contribution < 1.29 is 4.79 Å². The van der Waals surface area contributed by atoms with E-state index < -0.39 is 0 Å². The lowest BCUT2D eigenvalue weighted by molar-refractivity contribution is 0.0953. The predicted octanol–water partition coefficient (Wildman–Crippen LogP) is 3.99. The SMILES string of the molecule is O=C(NCc1sccc1Br)c1cccc2ncccc12. The summed E-state index contributed by atoms with van der Waals surface area (Å²) < 4.78 is 1.03. The second kappa shape index (κ2) is 5.73. The molecular formula is C15H11BrN2OS. The second-order valence-electron chi connectivity index (χ2n) is 4.25. The van der Waals surface area contributed by atoms with Crippen molar-refractivity contribution in [1.82, 2.24) is 10.3 Å². The molecule has 0 saturated carbocycles. The quantitative estimate of drug-likeness (QED) is 0.778. The van der Waals surface area contributed by atoms with E-state index in [4.69, 9.17) is 0 Å². The Hall–Kier alpha value is -1.72. The van der Waals surface area contributed by atoms with E-state index in [1.54, 1.807) is 17.5 Å². The number of carbonyl (C=O) groups is 1. The number of fused-ring (bicyclic) bond motifs is 1. The smallest absolute Gasteiger partial charge is 0.252 e. The van der Waals surface area contributed by atoms with Crippen LogP contribution in [-0.2, 0) is 6.54 Å². The van der Waals surface area contributed by atoms with Gasteiger partial charge >= 0.3 is 0 Å². The Balaban J connectivity index is 1.84. The van der Waals surface area contributed by atoms with Gasteiger partial charge in [-0.2, -0.15) is 0 Å². The van der Waals surface area contributed by atoms with Crippen LogP contribution < -0.4 is 5.32 Å². The highest BCUT2D eigenvalue weighted by molar-refractivity contribution is 9.10. The molecule has 3 rings (SSSR count). The van der Waals surface area contributed by atoms with Gasteiger partial charge in [-0.3, -0.25) is 9.78 Å². The van der Waals surface area contributed by atoms with Gasteiger partial charge in [0.2, 0.25) is 0 Å². The maximum absolute atomic E-state index is 12.3. The third kappa shape index (κ3) is 2.59. The van der Waals surface area contributed by atoms with Gasteiger partial charge in [-0.05, 0) is 45.6 Å². The van der Waals surface area contributed by atoms with E-state index in [2.05, 4.69) is 26.2 Å². The fourth-order valence-electron chi connectivity index (χ4n) is 2.01. The molecule has 2 heterocycles. The Morgan fingerprint density at radius 3 is 2.95 bits per heavy atom.